The van der Waals surface area contributed by atoms with Gasteiger partial charge in [0.1, 0.15) is 5.75 Å². The van der Waals surface area contributed by atoms with E-state index in [0.717, 1.165) is 29.3 Å². The first-order chi connectivity index (χ1) is 9.26. The molecular weight excluding hydrogens is 258 g/mol. The molecule has 0 amide bonds. The van der Waals surface area contributed by atoms with Crippen molar-refractivity contribution in [1.82, 2.24) is 0 Å². The summed E-state index contributed by atoms with van der Waals surface area (Å²) in [6, 6.07) is 14.7. The molecule has 19 heavy (non-hydrogen) atoms. The van der Waals surface area contributed by atoms with Crippen molar-refractivity contribution in [1.29, 1.82) is 0 Å². The molecule has 2 nitrogen and oxygen atoms in total. The second kappa shape index (κ2) is 5.14. The highest BCUT2D eigenvalue weighted by Gasteiger charge is 2.21. The molecule has 1 aliphatic rings. The zero-order valence-corrected chi connectivity index (χ0v) is 11.6. The van der Waals surface area contributed by atoms with Crippen LogP contribution >= 0.6 is 11.6 Å². The molecule has 0 aliphatic heterocycles. The highest BCUT2D eigenvalue weighted by atomic mass is 35.5. The summed E-state index contributed by atoms with van der Waals surface area (Å²) in [5.74, 6) is 0.834. The molecule has 3 heteroatoms. The third-order valence-electron chi connectivity index (χ3n) is 3.57. The van der Waals surface area contributed by atoms with Crippen LogP contribution in [0.3, 0.4) is 0 Å². The maximum Gasteiger partial charge on any atom is 0.142 e. The van der Waals surface area contributed by atoms with E-state index in [1.54, 1.807) is 7.11 Å². The Kier molecular flexibility index (Phi) is 3.34. The number of anilines is 1. The molecule has 98 valence electrons. The van der Waals surface area contributed by atoms with Crippen molar-refractivity contribution in [2.45, 2.75) is 18.9 Å². The zero-order chi connectivity index (χ0) is 13.2. The Morgan fingerprint density at radius 2 is 1.79 bits per heavy atom. The van der Waals surface area contributed by atoms with Crippen molar-refractivity contribution in [3.63, 3.8) is 0 Å². The van der Waals surface area contributed by atoms with Crippen molar-refractivity contribution >= 4 is 17.3 Å². The Labute approximate surface area is 118 Å². The summed E-state index contributed by atoms with van der Waals surface area (Å²) in [6.07, 6.45) is 2.09. The molecule has 0 heterocycles. The zero-order valence-electron chi connectivity index (χ0n) is 10.8. The maximum absolute atomic E-state index is 6.05. The largest absolute Gasteiger partial charge is 0.495 e. The highest BCUT2D eigenvalue weighted by Crippen LogP contribution is 2.31. The van der Waals surface area contributed by atoms with E-state index in [1.165, 1.54) is 11.1 Å². The SMILES string of the molecule is COc1ccc(Cl)cc1NC1Cc2ccccc2C1. The molecule has 0 radical (unpaired) electrons. The van der Waals surface area contributed by atoms with Crippen molar-refractivity contribution < 1.29 is 4.74 Å². The number of nitrogens with one attached hydrogen (secondary N) is 1. The van der Waals surface area contributed by atoms with Gasteiger partial charge < -0.3 is 10.1 Å². The second-order valence-electron chi connectivity index (χ2n) is 4.86. The Bertz CT molecular complexity index is 572. The Hall–Kier alpha value is -1.67. The Balaban J connectivity index is 1.79. The fraction of sp³-hybridized carbons (Fsp3) is 0.250. The lowest BCUT2D eigenvalue weighted by atomic mass is 10.1. The van der Waals surface area contributed by atoms with E-state index >= 15 is 0 Å². The van der Waals surface area contributed by atoms with Crippen molar-refractivity contribution in [2.75, 3.05) is 12.4 Å². The first-order valence-corrected chi connectivity index (χ1v) is 6.81. The molecule has 1 aliphatic carbocycles. The van der Waals surface area contributed by atoms with Crippen LogP contribution in [0.25, 0.3) is 0 Å². The van der Waals surface area contributed by atoms with Gasteiger partial charge in [-0.2, -0.15) is 0 Å². The van der Waals surface area contributed by atoms with Crippen LogP contribution in [-0.4, -0.2) is 13.2 Å². The van der Waals surface area contributed by atoms with Crippen LogP contribution in [0.5, 0.6) is 5.75 Å². The van der Waals surface area contributed by atoms with E-state index in [0.29, 0.717) is 6.04 Å². The molecule has 0 aromatic heterocycles. The van der Waals surface area contributed by atoms with Gasteiger partial charge in [-0.15, -0.1) is 0 Å². The molecule has 2 aromatic carbocycles. The van der Waals surface area contributed by atoms with Crippen LogP contribution in [0.15, 0.2) is 42.5 Å². The predicted molar refractivity (Wildman–Crippen MR) is 79.3 cm³/mol. The molecule has 1 N–H and O–H groups in total. The van der Waals surface area contributed by atoms with Crippen LogP contribution in [-0.2, 0) is 12.8 Å². The average Bonchev–Trinajstić information content (AvgIpc) is 2.81. The number of halogens is 1. The monoisotopic (exact) mass is 273 g/mol. The summed E-state index contributed by atoms with van der Waals surface area (Å²) >= 11 is 6.05. The predicted octanol–water partition coefficient (Wildman–Crippen LogP) is 3.93. The smallest absolute Gasteiger partial charge is 0.142 e. The lowest BCUT2D eigenvalue weighted by Gasteiger charge is -2.16. The van der Waals surface area contributed by atoms with Gasteiger partial charge in [0.15, 0.2) is 0 Å². The van der Waals surface area contributed by atoms with E-state index in [2.05, 4.69) is 29.6 Å². The van der Waals surface area contributed by atoms with E-state index in [9.17, 15) is 0 Å². The molecule has 0 atom stereocenters. The molecule has 0 saturated carbocycles. The summed E-state index contributed by atoms with van der Waals surface area (Å²) in [5.41, 5.74) is 3.83. The van der Waals surface area contributed by atoms with Crippen LogP contribution in [0.2, 0.25) is 5.02 Å². The van der Waals surface area contributed by atoms with Gasteiger partial charge in [0.2, 0.25) is 0 Å². The minimum absolute atomic E-state index is 0.407. The van der Waals surface area contributed by atoms with Crippen LogP contribution in [0, 0.1) is 0 Å². The normalized spacial score (nSPS) is 14.2. The van der Waals surface area contributed by atoms with Crippen LogP contribution < -0.4 is 10.1 Å². The minimum atomic E-state index is 0.407. The number of hydrogen-bond acceptors (Lipinski definition) is 2. The van der Waals surface area contributed by atoms with Crippen molar-refractivity contribution in [3.8, 4) is 5.75 Å². The van der Waals surface area contributed by atoms with Gasteiger partial charge in [0.25, 0.3) is 0 Å². The number of methoxy groups -OCH3 is 1. The van der Waals surface area contributed by atoms with Crippen molar-refractivity contribution in [3.05, 3.63) is 58.6 Å². The number of ether oxygens (including phenoxy) is 1. The molecule has 0 fully saturated rings. The topological polar surface area (TPSA) is 21.3 Å². The second-order valence-corrected chi connectivity index (χ2v) is 5.30. The quantitative estimate of drug-likeness (QED) is 0.915. The van der Waals surface area contributed by atoms with Gasteiger partial charge in [-0.25, -0.2) is 0 Å². The number of fused-ring (bicyclic) bond motifs is 1. The third kappa shape index (κ3) is 2.54. The fourth-order valence-corrected chi connectivity index (χ4v) is 2.85. The van der Waals surface area contributed by atoms with Crippen LogP contribution in [0.1, 0.15) is 11.1 Å². The molecule has 3 rings (SSSR count). The van der Waals surface area contributed by atoms with Gasteiger partial charge >= 0.3 is 0 Å². The summed E-state index contributed by atoms with van der Waals surface area (Å²) < 4.78 is 5.37. The summed E-state index contributed by atoms with van der Waals surface area (Å²) in [4.78, 5) is 0. The van der Waals surface area contributed by atoms with Crippen LogP contribution in [0.4, 0.5) is 5.69 Å². The van der Waals surface area contributed by atoms with Gasteiger partial charge in [0, 0.05) is 11.1 Å². The lowest BCUT2D eigenvalue weighted by molar-refractivity contribution is 0.416. The van der Waals surface area contributed by atoms with E-state index in [-0.39, 0.29) is 0 Å². The van der Waals surface area contributed by atoms with E-state index < -0.39 is 0 Å². The maximum atomic E-state index is 6.05. The highest BCUT2D eigenvalue weighted by molar-refractivity contribution is 6.30. The van der Waals surface area contributed by atoms with E-state index in [1.807, 2.05) is 18.2 Å². The molecular formula is C16H16ClNO. The van der Waals surface area contributed by atoms with Gasteiger partial charge in [-0.3, -0.25) is 0 Å². The van der Waals surface area contributed by atoms with Gasteiger partial charge in [0.05, 0.1) is 12.8 Å². The molecule has 0 saturated heterocycles. The number of benzene rings is 2. The molecule has 0 bridgehead atoms. The van der Waals surface area contributed by atoms with Gasteiger partial charge in [-0.05, 0) is 42.2 Å². The number of hydrogen-bond donors (Lipinski definition) is 1. The first-order valence-electron chi connectivity index (χ1n) is 6.43. The first kappa shape index (κ1) is 12.4. The molecule has 2 aromatic rings. The molecule has 0 unspecified atom stereocenters. The third-order valence-corrected chi connectivity index (χ3v) is 3.81. The Morgan fingerprint density at radius 1 is 1.11 bits per heavy atom. The fourth-order valence-electron chi connectivity index (χ4n) is 2.67. The molecule has 0 spiro atoms. The lowest BCUT2D eigenvalue weighted by Crippen LogP contribution is -2.19. The summed E-state index contributed by atoms with van der Waals surface area (Å²) in [7, 11) is 1.68. The Morgan fingerprint density at radius 3 is 2.42 bits per heavy atom. The standard InChI is InChI=1S/C16H16ClNO/c1-19-16-7-6-13(17)10-15(16)18-14-8-11-4-2-3-5-12(11)9-14/h2-7,10,14,18H,8-9H2,1H3. The number of rotatable bonds is 3. The minimum Gasteiger partial charge on any atom is -0.495 e. The van der Waals surface area contributed by atoms with Crippen molar-refractivity contribution in [2.24, 2.45) is 0 Å². The summed E-state index contributed by atoms with van der Waals surface area (Å²) in [5, 5.41) is 4.26. The summed E-state index contributed by atoms with van der Waals surface area (Å²) in [6.45, 7) is 0. The van der Waals surface area contributed by atoms with Gasteiger partial charge in [-0.1, -0.05) is 35.9 Å². The average molecular weight is 274 g/mol. The van der Waals surface area contributed by atoms with E-state index in [4.69, 9.17) is 16.3 Å².